The molecular formula is C18H19ClO3. The third-order valence-corrected chi connectivity index (χ3v) is 3.92. The van der Waals surface area contributed by atoms with Crippen LogP contribution in [0.2, 0.25) is 5.02 Å². The number of halogens is 1. The molecule has 0 fully saturated rings. The fourth-order valence-electron chi connectivity index (χ4n) is 2.04. The van der Waals surface area contributed by atoms with Crippen molar-refractivity contribution in [1.82, 2.24) is 0 Å². The van der Waals surface area contributed by atoms with Gasteiger partial charge in [-0.3, -0.25) is 4.79 Å². The maximum atomic E-state index is 11.3. The Bertz CT molecular complexity index is 648. The molecule has 0 saturated carbocycles. The Hall–Kier alpha value is -2.00. The molecule has 2 aromatic rings. The molecule has 0 aliphatic heterocycles. The SMILES string of the molecule is CC(C)(C(=O)O)c1cccc(OCCc2ccc(Cl)cc2)c1. The monoisotopic (exact) mass is 318 g/mol. The number of hydrogen-bond donors (Lipinski definition) is 1. The molecule has 0 aromatic heterocycles. The van der Waals surface area contributed by atoms with Crippen LogP contribution in [0.1, 0.15) is 25.0 Å². The number of carboxylic acid groups (broad SMARTS) is 1. The minimum atomic E-state index is -0.935. The van der Waals surface area contributed by atoms with E-state index in [1.807, 2.05) is 36.4 Å². The Morgan fingerprint density at radius 1 is 1.18 bits per heavy atom. The lowest BCUT2D eigenvalue weighted by atomic mass is 9.85. The molecule has 0 atom stereocenters. The first kappa shape index (κ1) is 16.4. The molecule has 0 saturated heterocycles. The van der Waals surface area contributed by atoms with Crippen molar-refractivity contribution in [1.29, 1.82) is 0 Å². The maximum absolute atomic E-state index is 11.3. The van der Waals surface area contributed by atoms with Crippen LogP contribution < -0.4 is 4.74 Å². The van der Waals surface area contributed by atoms with Gasteiger partial charge in [-0.05, 0) is 49.2 Å². The van der Waals surface area contributed by atoms with Gasteiger partial charge in [0.2, 0.25) is 0 Å². The predicted octanol–water partition coefficient (Wildman–Crippen LogP) is 4.32. The standard InChI is InChI=1S/C18H19ClO3/c1-18(2,17(20)21)14-4-3-5-16(12-14)22-11-10-13-6-8-15(19)9-7-13/h3-9,12H,10-11H2,1-2H3,(H,20,21). The molecule has 0 spiro atoms. The van der Waals surface area contributed by atoms with E-state index >= 15 is 0 Å². The van der Waals surface area contributed by atoms with Crippen LogP contribution in [-0.2, 0) is 16.6 Å². The Morgan fingerprint density at radius 3 is 2.50 bits per heavy atom. The summed E-state index contributed by atoms with van der Waals surface area (Å²) in [5.41, 5.74) is 0.936. The number of rotatable bonds is 6. The van der Waals surface area contributed by atoms with E-state index < -0.39 is 11.4 Å². The van der Waals surface area contributed by atoms with Crippen LogP contribution >= 0.6 is 11.6 Å². The second kappa shape index (κ2) is 6.84. The summed E-state index contributed by atoms with van der Waals surface area (Å²) in [5, 5.41) is 10.00. The van der Waals surface area contributed by atoms with Crippen LogP contribution in [0.4, 0.5) is 0 Å². The van der Waals surface area contributed by atoms with E-state index in [9.17, 15) is 9.90 Å². The Labute approximate surface area is 135 Å². The van der Waals surface area contributed by atoms with E-state index in [0.29, 0.717) is 17.4 Å². The van der Waals surface area contributed by atoms with Crippen LogP contribution in [0.25, 0.3) is 0 Å². The number of hydrogen-bond acceptors (Lipinski definition) is 2. The zero-order valence-electron chi connectivity index (χ0n) is 12.7. The first-order chi connectivity index (χ1) is 10.4. The van der Waals surface area contributed by atoms with Crippen molar-refractivity contribution in [2.24, 2.45) is 0 Å². The van der Waals surface area contributed by atoms with E-state index in [0.717, 1.165) is 17.5 Å². The van der Waals surface area contributed by atoms with E-state index in [4.69, 9.17) is 16.3 Å². The zero-order valence-corrected chi connectivity index (χ0v) is 13.4. The molecule has 2 aromatic carbocycles. The molecule has 3 nitrogen and oxygen atoms in total. The minimum Gasteiger partial charge on any atom is -0.493 e. The molecule has 0 aliphatic rings. The predicted molar refractivity (Wildman–Crippen MR) is 87.8 cm³/mol. The summed E-state index contributed by atoms with van der Waals surface area (Å²) >= 11 is 5.85. The first-order valence-corrected chi connectivity index (χ1v) is 7.48. The van der Waals surface area contributed by atoms with Crippen LogP contribution in [0, 0.1) is 0 Å². The lowest BCUT2D eigenvalue weighted by Crippen LogP contribution is -2.28. The average Bonchev–Trinajstić information content (AvgIpc) is 2.49. The maximum Gasteiger partial charge on any atom is 0.313 e. The topological polar surface area (TPSA) is 46.5 Å². The van der Waals surface area contributed by atoms with Crippen molar-refractivity contribution in [3.63, 3.8) is 0 Å². The van der Waals surface area contributed by atoms with Gasteiger partial charge in [-0.15, -0.1) is 0 Å². The molecule has 0 aliphatic carbocycles. The highest BCUT2D eigenvalue weighted by atomic mass is 35.5. The summed E-state index contributed by atoms with van der Waals surface area (Å²) in [7, 11) is 0. The highest BCUT2D eigenvalue weighted by Crippen LogP contribution is 2.26. The number of carbonyl (C=O) groups is 1. The largest absolute Gasteiger partial charge is 0.493 e. The van der Waals surface area contributed by atoms with E-state index in [2.05, 4.69) is 0 Å². The normalized spacial score (nSPS) is 11.2. The van der Waals surface area contributed by atoms with Gasteiger partial charge in [0.05, 0.1) is 12.0 Å². The molecule has 4 heteroatoms. The molecule has 1 N–H and O–H groups in total. The van der Waals surface area contributed by atoms with Gasteiger partial charge in [0, 0.05) is 11.4 Å². The van der Waals surface area contributed by atoms with Gasteiger partial charge in [0.1, 0.15) is 5.75 Å². The summed E-state index contributed by atoms with van der Waals surface area (Å²) in [6.07, 6.45) is 0.768. The number of benzene rings is 2. The zero-order chi connectivity index (χ0) is 16.2. The quantitative estimate of drug-likeness (QED) is 0.862. The van der Waals surface area contributed by atoms with Gasteiger partial charge in [0.25, 0.3) is 0 Å². The smallest absolute Gasteiger partial charge is 0.313 e. The lowest BCUT2D eigenvalue weighted by molar-refractivity contribution is -0.142. The highest BCUT2D eigenvalue weighted by Gasteiger charge is 2.29. The lowest BCUT2D eigenvalue weighted by Gasteiger charge is -2.20. The summed E-state index contributed by atoms with van der Waals surface area (Å²) in [5.74, 6) is -0.174. The third-order valence-electron chi connectivity index (χ3n) is 3.66. The van der Waals surface area contributed by atoms with Crippen molar-refractivity contribution in [3.8, 4) is 5.75 Å². The Kier molecular flexibility index (Phi) is 5.09. The highest BCUT2D eigenvalue weighted by molar-refractivity contribution is 6.30. The third kappa shape index (κ3) is 4.01. The van der Waals surface area contributed by atoms with Crippen LogP contribution in [0.5, 0.6) is 5.75 Å². The Balaban J connectivity index is 1.99. The molecule has 22 heavy (non-hydrogen) atoms. The summed E-state index contributed by atoms with van der Waals surface area (Å²) in [4.78, 5) is 11.3. The van der Waals surface area contributed by atoms with Gasteiger partial charge in [0.15, 0.2) is 0 Å². The van der Waals surface area contributed by atoms with E-state index in [1.54, 1.807) is 26.0 Å². The van der Waals surface area contributed by atoms with Gasteiger partial charge < -0.3 is 9.84 Å². The van der Waals surface area contributed by atoms with Crippen LogP contribution in [-0.4, -0.2) is 17.7 Å². The summed E-state index contributed by atoms with van der Waals surface area (Å²) in [6, 6.07) is 14.9. The average molecular weight is 319 g/mol. The molecular weight excluding hydrogens is 300 g/mol. The van der Waals surface area contributed by atoms with Crippen molar-refractivity contribution < 1.29 is 14.6 Å². The van der Waals surface area contributed by atoms with Crippen molar-refractivity contribution in [3.05, 3.63) is 64.7 Å². The second-order valence-electron chi connectivity index (χ2n) is 5.68. The fourth-order valence-corrected chi connectivity index (χ4v) is 2.16. The van der Waals surface area contributed by atoms with Crippen LogP contribution in [0.15, 0.2) is 48.5 Å². The first-order valence-electron chi connectivity index (χ1n) is 7.11. The van der Waals surface area contributed by atoms with Gasteiger partial charge in [-0.2, -0.15) is 0 Å². The van der Waals surface area contributed by atoms with Gasteiger partial charge >= 0.3 is 5.97 Å². The Morgan fingerprint density at radius 2 is 1.86 bits per heavy atom. The fraction of sp³-hybridized carbons (Fsp3) is 0.278. The molecule has 0 unspecified atom stereocenters. The molecule has 0 bridgehead atoms. The second-order valence-corrected chi connectivity index (χ2v) is 6.12. The van der Waals surface area contributed by atoms with Gasteiger partial charge in [-0.25, -0.2) is 0 Å². The number of ether oxygens (including phenoxy) is 1. The number of aliphatic carboxylic acids is 1. The van der Waals surface area contributed by atoms with Crippen molar-refractivity contribution >= 4 is 17.6 Å². The van der Waals surface area contributed by atoms with E-state index in [-0.39, 0.29) is 0 Å². The summed E-state index contributed by atoms with van der Waals surface area (Å²) < 4.78 is 5.73. The van der Waals surface area contributed by atoms with E-state index in [1.165, 1.54) is 0 Å². The molecule has 2 rings (SSSR count). The van der Waals surface area contributed by atoms with Crippen molar-refractivity contribution in [2.75, 3.05) is 6.61 Å². The molecule has 116 valence electrons. The molecule has 0 amide bonds. The molecule has 0 radical (unpaired) electrons. The number of carboxylic acids is 1. The van der Waals surface area contributed by atoms with Crippen LogP contribution in [0.3, 0.4) is 0 Å². The molecule has 0 heterocycles. The summed E-state index contributed by atoms with van der Waals surface area (Å²) in [6.45, 7) is 3.89. The minimum absolute atomic E-state index is 0.526. The van der Waals surface area contributed by atoms with Gasteiger partial charge in [-0.1, -0.05) is 35.9 Å². The van der Waals surface area contributed by atoms with Crippen molar-refractivity contribution in [2.45, 2.75) is 25.7 Å².